The second kappa shape index (κ2) is 5.86. The fraction of sp³-hybridized carbons (Fsp3) is 1.00. The number of rotatable bonds is 3. The Morgan fingerprint density at radius 3 is 2.47 bits per heavy atom. The molecule has 2 heteroatoms. The molecule has 1 saturated carbocycles. The molecule has 0 aromatic carbocycles. The van der Waals surface area contributed by atoms with Gasteiger partial charge in [0.2, 0.25) is 0 Å². The number of hydrogen-bond donors (Lipinski definition) is 1. The van der Waals surface area contributed by atoms with Gasteiger partial charge in [0.1, 0.15) is 0 Å². The first kappa shape index (κ1) is 11.4. The summed E-state index contributed by atoms with van der Waals surface area (Å²) in [7, 11) is 0. The Hall–Kier alpha value is -0.0800. The van der Waals surface area contributed by atoms with Crippen LogP contribution in [0.1, 0.15) is 45.4 Å². The zero-order chi connectivity index (χ0) is 10.5. The van der Waals surface area contributed by atoms with Gasteiger partial charge in [-0.15, -0.1) is 0 Å². The van der Waals surface area contributed by atoms with E-state index < -0.39 is 0 Å². The van der Waals surface area contributed by atoms with Gasteiger partial charge in [0.15, 0.2) is 0 Å². The van der Waals surface area contributed by atoms with Crippen LogP contribution in [0.2, 0.25) is 0 Å². The summed E-state index contributed by atoms with van der Waals surface area (Å²) in [6.45, 7) is 7.33. The molecular formula is C13H26N2. The van der Waals surface area contributed by atoms with Gasteiger partial charge in [0.25, 0.3) is 0 Å². The first-order chi connectivity index (χ1) is 7.36. The predicted molar refractivity (Wildman–Crippen MR) is 65.1 cm³/mol. The predicted octanol–water partition coefficient (Wildman–Crippen LogP) is 2.25. The van der Waals surface area contributed by atoms with Gasteiger partial charge in [-0.25, -0.2) is 0 Å². The fourth-order valence-electron chi connectivity index (χ4n) is 3.18. The molecule has 1 atom stereocenters. The molecule has 1 heterocycles. The molecule has 88 valence electrons. The summed E-state index contributed by atoms with van der Waals surface area (Å²) in [5.41, 5.74) is 0. The zero-order valence-electron chi connectivity index (χ0n) is 10.2. The van der Waals surface area contributed by atoms with Gasteiger partial charge in [0.05, 0.1) is 0 Å². The molecule has 1 aliphatic heterocycles. The van der Waals surface area contributed by atoms with E-state index in [2.05, 4.69) is 17.1 Å². The van der Waals surface area contributed by atoms with Crippen molar-refractivity contribution in [1.82, 2.24) is 10.2 Å². The summed E-state index contributed by atoms with van der Waals surface area (Å²) < 4.78 is 0. The molecule has 15 heavy (non-hydrogen) atoms. The van der Waals surface area contributed by atoms with Crippen molar-refractivity contribution in [2.45, 2.75) is 51.5 Å². The lowest BCUT2D eigenvalue weighted by atomic mass is 9.85. The first-order valence-electron chi connectivity index (χ1n) is 6.81. The molecule has 0 aromatic rings. The Balaban J connectivity index is 1.72. The minimum atomic E-state index is 0.815. The van der Waals surface area contributed by atoms with Crippen molar-refractivity contribution < 1.29 is 0 Å². The van der Waals surface area contributed by atoms with Gasteiger partial charge in [-0.1, -0.05) is 32.1 Å². The standard InChI is InChI=1S/C13H26N2/c1-12(15-9-7-14-8-10-15)11-13-5-3-2-4-6-13/h12-14H,2-11H2,1H3. The van der Waals surface area contributed by atoms with E-state index in [1.54, 1.807) is 0 Å². The quantitative estimate of drug-likeness (QED) is 0.768. The van der Waals surface area contributed by atoms with E-state index in [4.69, 9.17) is 0 Å². The van der Waals surface area contributed by atoms with Gasteiger partial charge >= 0.3 is 0 Å². The van der Waals surface area contributed by atoms with Crippen LogP contribution in [-0.2, 0) is 0 Å². The zero-order valence-corrected chi connectivity index (χ0v) is 10.2. The highest BCUT2D eigenvalue weighted by molar-refractivity contribution is 4.77. The number of nitrogens with one attached hydrogen (secondary N) is 1. The van der Waals surface area contributed by atoms with Crippen molar-refractivity contribution in [2.75, 3.05) is 26.2 Å². The summed E-state index contributed by atoms with van der Waals surface area (Å²) in [6.07, 6.45) is 8.89. The molecule has 0 spiro atoms. The molecule has 2 aliphatic rings. The smallest absolute Gasteiger partial charge is 0.0110 e. The number of nitrogens with zero attached hydrogens (tertiary/aromatic N) is 1. The third kappa shape index (κ3) is 3.46. The van der Waals surface area contributed by atoms with Gasteiger partial charge in [-0.2, -0.15) is 0 Å². The maximum atomic E-state index is 3.43. The van der Waals surface area contributed by atoms with E-state index in [9.17, 15) is 0 Å². The average Bonchev–Trinajstić information content (AvgIpc) is 2.31. The lowest BCUT2D eigenvalue weighted by Gasteiger charge is -2.35. The normalized spacial score (nSPS) is 27.8. The lowest BCUT2D eigenvalue weighted by molar-refractivity contribution is 0.150. The Labute approximate surface area is 94.4 Å². The van der Waals surface area contributed by atoms with Gasteiger partial charge < -0.3 is 5.32 Å². The topological polar surface area (TPSA) is 15.3 Å². The van der Waals surface area contributed by atoms with Crippen LogP contribution in [0.3, 0.4) is 0 Å². The summed E-state index contributed by atoms with van der Waals surface area (Å²) in [4.78, 5) is 2.67. The van der Waals surface area contributed by atoms with Crippen molar-refractivity contribution in [1.29, 1.82) is 0 Å². The Kier molecular flexibility index (Phi) is 4.45. The molecule has 0 amide bonds. The molecule has 0 radical (unpaired) electrons. The van der Waals surface area contributed by atoms with Crippen molar-refractivity contribution in [3.63, 3.8) is 0 Å². The number of hydrogen-bond acceptors (Lipinski definition) is 2. The molecular weight excluding hydrogens is 184 g/mol. The minimum Gasteiger partial charge on any atom is -0.314 e. The van der Waals surface area contributed by atoms with E-state index in [1.807, 2.05) is 0 Å². The average molecular weight is 210 g/mol. The first-order valence-corrected chi connectivity index (χ1v) is 6.81. The Morgan fingerprint density at radius 1 is 1.13 bits per heavy atom. The maximum absolute atomic E-state index is 3.43. The Morgan fingerprint density at radius 2 is 1.80 bits per heavy atom. The van der Waals surface area contributed by atoms with E-state index in [1.165, 1.54) is 64.7 Å². The van der Waals surface area contributed by atoms with Crippen molar-refractivity contribution >= 4 is 0 Å². The molecule has 2 fully saturated rings. The van der Waals surface area contributed by atoms with Gasteiger partial charge in [-0.05, 0) is 19.3 Å². The van der Waals surface area contributed by atoms with Crippen LogP contribution in [0.5, 0.6) is 0 Å². The summed E-state index contributed by atoms with van der Waals surface area (Å²) in [5.74, 6) is 1.03. The van der Waals surface area contributed by atoms with Crippen molar-refractivity contribution in [2.24, 2.45) is 5.92 Å². The van der Waals surface area contributed by atoms with Gasteiger partial charge in [-0.3, -0.25) is 4.90 Å². The molecule has 1 aliphatic carbocycles. The van der Waals surface area contributed by atoms with E-state index in [0.717, 1.165) is 12.0 Å². The van der Waals surface area contributed by atoms with Crippen LogP contribution in [0.4, 0.5) is 0 Å². The maximum Gasteiger partial charge on any atom is 0.0110 e. The van der Waals surface area contributed by atoms with Crippen LogP contribution in [0, 0.1) is 5.92 Å². The lowest BCUT2D eigenvalue weighted by Crippen LogP contribution is -2.48. The van der Waals surface area contributed by atoms with Crippen LogP contribution in [0.25, 0.3) is 0 Å². The van der Waals surface area contributed by atoms with Crippen LogP contribution >= 0.6 is 0 Å². The van der Waals surface area contributed by atoms with Crippen LogP contribution < -0.4 is 5.32 Å². The largest absolute Gasteiger partial charge is 0.314 e. The third-order valence-electron chi connectivity index (χ3n) is 4.17. The number of piperazine rings is 1. The highest BCUT2D eigenvalue weighted by atomic mass is 15.2. The Bertz CT molecular complexity index is 169. The summed E-state index contributed by atoms with van der Waals surface area (Å²) in [5, 5.41) is 3.43. The second-order valence-corrected chi connectivity index (χ2v) is 5.37. The van der Waals surface area contributed by atoms with Crippen LogP contribution in [-0.4, -0.2) is 37.1 Å². The highest BCUT2D eigenvalue weighted by Gasteiger charge is 2.21. The second-order valence-electron chi connectivity index (χ2n) is 5.37. The van der Waals surface area contributed by atoms with E-state index >= 15 is 0 Å². The van der Waals surface area contributed by atoms with Gasteiger partial charge in [0, 0.05) is 32.2 Å². The summed E-state index contributed by atoms with van der Waals surface area (Å²) >= 11 is 0. The molecule has 1 saturated heterocycles. The molecule has 0 bridgehead atoms. The third-order valence-corrected chi connectivity index (χ3v) is 4.17. The fourth-order valence-corrected chi connectivity index (χ4v) is 3.18. The van der Waals surface area contributed by atoms with E-state index in [0.29, 0.717) is 0 Å². The minimum absolute atomic E-state index is 0.815. The molecule has 1 N–H and O–H groups in total. The molecule has 0 aromatic heterocycles. The van der Waals surface area contributed by atoms with E-state index in [-0.39, 0.29) is 0 Å². The van der Waals surface area contributed by atoms with Crippen LogP contribution in [0.15, 0.2) is 0 Å². The van der Waals surface area contributed by atoms with Crippen molar-refractivity contribution in [3.05, 3.63) is 0 Å². The summed E-state index contributed by atoms with van der Waals surface area (Å²) in [6, 6.07) is 0.815. The monoisotopic (exact) mass is 210 g/mol. The highest BCUT2D eigenvalue weighted by Crippen LogP contribution is 2.28. The molecule has 2 nitrogen and oxygen atoms in total. The van der Waals surface area contributed by atoms with Crippen molar-refractivity contribution in [3.8, 4) is 0 Å². The SMILES string of the molecule is CC(CC1CCCCC1)N1CCNCC1. The molecule has 1 unspecified atom stereocenters. The molecule has 2 rings (SSSR count).